The van der Waals surface area contributed by atoms with Gasteiger partial charge < -0.3 is 41.9 Å². The van der Waals surface area contributed by atoms with Gasteiger partial charge in [0.1, 0.15) is 18.1 Å². The number of carbonyl (C=O) groups is 5. The fourth-order valence-electron chi connectivity index (χ4n) is 3.92. The van der Waals surface area contributed by atoms with E-state index in [0.29, 0.717) is 5.69 Å². The van der Waals surface area contributed by atoms with E-state index in [0.717, 1.165) is 16.5 Å². The maximum Gasteiger partial charge on any atom is 0.325 e. The van der Waals surface area contributed by atoms with Crippen molar-refractivity contribution >= 4 is 40.6 Å². The molecule has 0 bridgehead atoms. The molecule has 0 aliphatic heterocycles. The number of carboxylic acids is 2. The number of benzene rings is 1. The van der Waals surface area contributed by atoms with Crippen LogP contribution in [0.25, 0.3) is 10.9 Å². The molecule has 4 atom stereocenters. The average Bonchev–Trinajstić information content (AvgIpc) is 3.55. The van der Waals surface area contributed by atoms with Gasteiger partial charge >= 0.3 is 11.9 Å². The fourth-order valence-corrected chi connectivity index (χ4v) is 3.92. The van der Waals surface area contributed by atoms with Crippen LogP contribution in [0.5, 0.6) is 0 Å². The Morgan fingerprint density at radius 1 is 0.949 bits per heavy atom. The van der Waals surface area contributed by atoms with Crippen molar-refractivity contribution in [3.05, 3.63) is 54.2 Å². The summed E-state index contributed by atoms with van der Waals surface area (Å²) >= 11 is 0. The molecule has 3 amide bonds. The second kappa shape index (κ2) is 13.2. The summed E-state index contributed by atoms with van der Waals surface area (Å²) in [4.78, 5) is 71.0. The van der Waals surface area contributed by atoms with Gasteiger partial charge in [-0.2, -0.15) is 0 Å². The zero-order valence-corrected chi connectivity index (χ0v) is 21.1. The number of para-hydroxylation sites is 1. The average molecular weight is 542 g/mol. The second-order valence-electron chi connectivity index (χ2n) is 9.07. The van der Waals surface area contributed by atoms with Crippen molar-refractivity contribution in [2.45, 2.75) is 56.8 Å². The van der Waals surface area contributed by atoms with Crippen LogP contribution in [0.4, 0.5) is 0 Å². The number of fused-ring (bicyclic) bond motifs is 1. The number of carbonyl (C=O) groups excluding carboxylic acids is 3. The number of aromatic amines is 2. The summed E-state index contributed by atoms with van der Waals surface area (Å²) in [5.41, 5.74) is 8.39. The van der Waals surface area contributed by atoms with Crippen molar-refractivity contribution in [1.82, 2.24) is 30.9 Å². The number of amides is 3. The van der Waals surface area contributed by atoms with Gasteiger partial charge in [0.25, 0.3) is 0 Å². The summed E-state index contributed by atoms with van der Waals surface area (Å²) in [6.07, 6.45) is 4.00. The Bertz CT molecular complexity index is 1320. The Balaban J connectivity index is 1.74. The van der Waals surface area contributed by atoms with Crippen molar-refractivity contribution in [3.8, 4) is 0 Å². The van der Waals surface area contributed by atoms with Crippen LogP contribution in [0, 0.1) is 0 Å². The molecule has 2 aromatic heterocycles. The van der Waals surface area contributed by atoms with E-state index >= 15 is 0 Å². The molecule has 14 heteroatoms. The highest BCUT2D eigenvalue weighted by molar-refractivity contribution is 5.94. The first-order valence-electron chi connectivity index (χ1n) is 12.2. The predicted molar refractivity (Wildman–Crippen MR) is 138 cm³/mol. The molecule has 4 unspecified atom stereocenters. The lowest BCUT2D eigenvalue weighted by atomic mass is 10.0. The molecule has 9 N–H and O–H groups in total. The number of nitrogens with one attached hydrogen (secondary N) is 5. The van der Waals surface area contributed by atoms with E-state index in [1.54, 1.807) is 6.20 Å². The number of hydrogen-bond donors (Lipinski definition) is 8. The molecule has 0 radical (unpaired) electrons. The van der Waals surface area contributed by atoms with Crippen LogP contribution in [-0.2, 0) is 36.8 Å². The third-order valence-electron chi connectivity index (χ3n) is 6.07. The van der Waals surface area contributed by atoms with Crippen molar-refractivity contribution in [2.24, 2.45) is 5.73 Å². The highest BCUT2D eigenvalue weighted by Crippen LogP contribution is 2.18. The number of carboxylic acid groups (broad SMARTS) is 2. The maximum absolute atomic E-state index is 13.2. The molecule has 0 saturated carbocycles. The first-order valence-corrected chi connectivity index (χ1v) is 12.2. The zero-order chi connectivity index (χ0) is 28.5. The summed E-state index contributed by atoms with van der Waals surface area (Å²) in [5.74, 6) is -4.79. The van der Waals surface area contributed by atoms with Gasteiger partial charge in [-0.25, -0.2) is 4.98 Å². The summed E-state index contributed by atoms with van der Waals surface area (Å²) in [5, 5.41) is 26.3. The Kier molecular flexibility index (Phi) is 9.75. The standard InChI is InChI=1S/C25H31N7O7/c1-13(25(38)39)30-23(36)19(6-7-21(33)34)31-24(37)20(9-15-11-27-12-29-15)32-22(35)17(26)8-14-10-28-18-5-3-2-4-16(14)18/h2-5,10-13,17,19-20,28H,6-9,26H2,1H3,(H,27,29)(H,30,36)(H,31,37)(H,32,35)(H,33,34)(H,38,39). The van der Waals surface area contributed by atoms with Crippen LogP contribution in [0.1, 0.15) is 31.0 Å². The van der Waals surface area contributed by atoms with Crippen LogP contribution in [0.3, 0.4) is 0 Å². The SMILES string of the molecule is CC(NC(=O)C(CCC(=O)O)NC(=O)C(Cc1cnc[nH]1)NC(=O)C(N)Cc1c[nH]c2ccccc12)C(=O)O. The number of nitrogens with two attached hydrogens (primary N) is 1. The molecule has 3 rings (SSSR count). The van der Waals surface area contributed by atoms with Crippen molar-refractivity contribution in [3.63, 3.8) is 0 Å². The van der Waals surface area contributed by atoms with E-state index in [-0.39, 0.29) is 19.3 Å². The van der Waals surface area contributed by atoms with Gasteiger partial charge in [0.05, 0.1) is 12.4 Å². The number of aliphatic carboxylic acids is 2. The van der Waals surface area contributed by atoms with Crippen molar-refractivity contribution in [1.29, 1.82) is 0 Å². The minimum absolute atomic E-state index is 0.0316. The number of H-pyrrole nitrogens is 2. The monoisotopic (exact) mass is 541 g/mol. The smallest absolute Gasteiger partial charge is 0.325 e. The van der Waals surface area contributed by atoms with Gasteiger partial charge in [-0.3, -0.25) is 24.0 Å². The molecule has 39 heavy (non-hydrogen) atoms. The highest BCUT2D eigenvalue weighted by atomic mass is 16.4. The molecule has 2 heterocycles. The first kappa shape index (κ1) is 28.8. The van der Waals surface area contributed by atoms with E-state index in [4.69, 9.17) is 15.9 Å². The first-order chi connectivity index (χ1) is 18.5. The molecule has 0 aliphatic carbocycles. The normalized spacial score (nSPS) is 14.1. The summed E-state index contributed by atoms with van der Waals surface area (Å²) in [6, 6.07) is 2.68. The molecular weight excluding hydrogens is 510 g/mol. The lowest BCUT2D eigenvalue weighted by molar-refractivity contribution is -0.142. The topological polar surface area (TPSA) is 232 Å². The third-order valence-corrected chi connectivity index (χ3v) is 6.07. The number of rotatable bonds is 14. The van der Waals surface area contributed by atoms with Gasteiger partial charge in [0, 0.05) is 41.8 Å². The molecule has 14 nitrogen and oxygen atoms in total. The van der Waals surface area contributed by atoms with Crippen LogP contribution >= 0.6 is 0 Å². The Labute approximate surface area is 222 Å². The summed E-state index contributed by atoms with van der Waals surface area (Å²) < 4.78 is 0. The van der Waals surface area contributed by atoms with E-state index < -0.39 is 60.2 Å². The molecule has 0 aliphatic rings. The molecule has 0 saturated heterocycles. The largest absolute Gasteiger partial charge is 0.481 e. The second-order valence-corrected chi connectivity index (χ2v) is 9.07. The van der Waals surface area contributed by atoms with Crippen LogP contribution in [0.15, 0.2) is 43.0 Å². The molecule has 0 spiro atoms. The zero-order valence-electron chi connectivity index (χ0n) is 21.1. The Morgan fingerprint density at radius 2 is 1.64 bits per heavy atom. The van der Waals surface area contributed by atoms with Gasteiger partial charge in [-0.1, -0.05) is 18.2 Å². The van der Waals surface area contributed by atoms with Crippen LogP contribution in [-0.4, -0.2) is 79.0 Å². The van der Waals surface area contributed by atoms with Crippen molar-refractivity contribution in [2.75, 3.05) is 0 Å². The molecule has 208 valence electrons. The summed E-state index contributed by atoms with van der Waals surface area (Å²) in [6.45, 7) is 1.23. The van der Waals surface area contributed by atoms with E-state index in [2.05, 4.69) is 30.9 Å². The van der Waals surface area contributed by atoms with Gasteiger partial charge in [-0.05, 0) is 31.4 Å². The molecule has 1 aromatic carbocycles. The molecule has 0 fully saturated rings. The number of hydrogen-bond acceptors (Lipinski definition) is 7. The molecular formula is C25H31N7O7. The summed E-state index contributed by atoms with van der Waals surface area (Å²) in [7, 11) is 0. The van der Waals surface area contributed by atoms with Gasteiger partial charge in [0.2, 0.25) is 17.7 Å². The maximum atomic E-state index is 13.2. The number of nitrogens with zero attached hydrogens (tertiary/aromatic N) is 1. The van der Waals surface area contributed by atoms with Gasteiger partial charge in [-0.15, -0.1) is 0 Å². The van der Waals surface area contributed by atoms with Crippen molar-refractivity contribution < 1.29 is 34.2 Å². The Hall–Kier alpha value is -4.72. The number of aromatic nitrogens is 3. The third kappa shape index (κ3) is 8.13. The van der Waals surface area contributed by atoms with E-state index in [9.17, 15) is 24.0 Å². The highest BCUT2D eigenvalue weighted by Gasteiger charge is 2.30. The molecule has 3 aromatic rings. The van der Waals surface area contributed by atoms with Crippen LogP contribution in [0.2, 0.25) is 0 Å². The van der Waals surface area contributed by atoms with E-state index in [1.807, 2.05) is 24.3 Å². The fraction of sp³-hybridized carbons (Fsp3) is 0.360. The lowest BCUT2D eigenvalue weighted by Gasteiger charge is -2.24. The lowest BCUT2D eigenvalue weighted by Crippen LogP contribution is -2.57. The Morgan fingerprint density at radius 3 is 2.31 bits per heavy atom. The van der Waals surface area contributed by atoms with Crippen LogP contribution < -0.4 is 21.7 Å². The minimum Gasteiger partial charge on any atom is -0.481 e. The number of imidazole rings is 1. The van der Waals surface area contributed by atoms with Gasteiger partial charge in [0.15, 0.2) is 0 Å². The van der Waals surface area contributed by atoms with E-state index in [1.165, 1.54) is 19.4 Å². The minimum atomic E-state index is -1.36. The quantitative estimate of drug-likeness (QED) is 0.130. The predicted octanol–water partition coefficient (Wildman–Crippen LogP) is -0.573.